The van der Waals surface area contributed by atoms with Crippen molar-refractivity contribution in [2.24, 2.45) is 0 Å². The molecule has 5 heteroatoms. The van der Waals surface area contributed by atoms with Crippen LogP contribution in [0.25, 0.3) is 27.7 Å². The third kappa shape index (κ3) is 3.04. The molecule has 1 atom stereocenters. The fraction of sp³-hybridized carbons (Fsp3) is 0.273. The van der Waals surface area contributed by atoms with Crippen molar-refractivity contribution in [2.45, 2.75) is 18.9 Å². The first-order valence-electron chi connectivity index (χ1n) is 9.46. The van der Waals surface area contributed by atoms with E-state index in [2.05, 4.69) is 59.4 Å². The molecule has 0 saturated carbocycles. The molecule has 0 radical (unpaired) electrons. The van der Waals surface area contributed by atoms with E-state index >= 15 is 0 Å². The number of likely N-dealkylation sites (tertiary alicyclic amines) is 1. The van der Waals surface area contributed by atoms with Crippen molar-refractivity contribution in [3.05, 3.63) is 60.8 Å². The van der Waals surface area contributed by atoms with Gasteiger partial charge in [-0.25, -0.2) is 9.50 Å². The summed E-state index contributed by atoms with van der Waals surface area (Å²) in [5.41, 5.74) is 2.93. The standard InChI is InChI=1S/C22H22N4O/c1-25-13-5-8-17(15-25)27-22-12-11-21-23-14-20(26(21)24-22)19-10-4-7-16-6-2-3-9-18(16)19/h2-4,6-7,9-12,14,17H,5,8,13,15H2,1H3. The summed E-state index contributed by atoms with van der Waals surface area (Å²) < 4.78 is 8.07. The molecule has 3 heterocycles. The number of piperidine rings is 1. The second-order valence-corrected chi connectivity index (χ2v) is 7.26. The second kappa shape index (κ2) is 6.67. The van der Waals surface area contributed by atoms with Crippen molar-refractivity contribution in [3.63, 3.8) is 0 Å². The zero-order valence-corrected chi connectivity index (χ0v) is 15.4. The van der Waals surface area contributed by atoms with Gasteiger partial charge in [-0.3, -0.25) is 0 Å². The maximum absolute atomic E-state index is 6.18. The molecule has 4 aromatic rings. The van der Waals surface area contributed by atoms with Gasteiger partial charge >= 0.3 is 0 Å². The molecular weight excluding hydrogens is 336 g/mol. The molecule has 1 unspecified atom stereocenters. The van der Waals surface area contributed by atoms with Gasteiger partial charge in [-0.2, -0.15) is 0 Å². The minimum Gasteiger partial charge on any atom is -0.472 e. The van der Waals surface area contributed by atoms with Crippen LogP contribution < -0.4 is 4.74 Å². The van der Waals surface area contributed by atoms with Crippen molar-refractivity contribution in [3.8, 4) is 17.1 Å². The molecule has 2 aromatic carbocycles. The van der Waals surface area contributed by atoms with Crippen LogP contribution in [-0.4, -0.2) is 45.7 Å². The number of likely N-dealkylation sites (N-methyl/N-ethyl adjacent to an activating group) is 1. The number of aromatic nitrogens is 3. The fourth-order valence-electron chi connectivity index (χ4n) is 3.94. The van der Waals surface area contributed by atoms with Crippen molar-refractivity contribution >= 4 is 16.4 Å². The van der Waals surface area contributed by atoms with E-state index in [9.17, 15) is 0 Å². The zero-order chi connectivity index (χ0) is 18.2. The van der Waals surface area contributed by atoms with Gasteiger partial charge in [0.1, 0.15) is 6.10 Å². The van der Waals surface area contributed by atoms with Crippen LogP contribution in [0.1, 0.15) is 12.8 Å². The molecule has 1 aliphatic rings. The maximum atomic E-state index is 6.18. The number of ether oxygens (including phenoxy) is 1. The first-order chi connectivity index (χ1) is 13.3. The number of imidazole rings is 1. The van der Waals surface area contributed by atoms with Gasteiger partial charge in [-0.1, -0.05) is 42.5 Å². The van der Waals surface area contributed by atoms with Crippen LogP contribution in [0.5, 0.6) is 5.88 Å². The number of hydrogen-bond donors (Lipinski definition) is 0. The predicted octanol–water partition coefficient (Wildman–Crippen LogP) is 4.02. The Morgan fingerprint density at radius 1 is 1.04 bits per heavy atom. The zero-order valence-electron chi connectivity index (χ0n) is 15.4. The van der Waals surface area contributed by atoms with Gasteiger partial charge in [0.25, 0.3) is 0 Å². The molecule has 0 amide bonds. The summed E-state index contributed by atoms with van der Waals surface area (Å²) in [4.78, 5) is 6.85. The van der Waals surface area contributed by atoms with Crippen LogP contribution in [0.4, 0.5) is 0 Å². The summed E-state index contributed by atoms with van der Waals surface area (Å²) >= 11 is 0. The molecule has 1 fully saturated rings. The van der Waals surface area contributed by atoms with Gasteiger partial charge < -0.3 is 9.64 Å². The first kappa shape index (κ1) is 16.3. The Bertz CT molecular complexity index is 1100. The molecule has 5 nitrogen and oxygen atoms in total. The van der Waals surface area contributed by atoms with Gasteiger partial charge in [0.2, 0.25) is 5.88 Å². The fourth-order valence-corrected chi connectivity index (χ4v) is 3.94. The van der Waals surface area contributed by atoms with E-state index in [-0.39, 0.29) is 6.10 Å². The maximum Gasteiger partial charge on any atom is 0.232 e. The third-order valence-electron chi connectivity index (χ3n) is 5.27. The molecule has 0 aliphatic carbocycles. The number of benzene rings is 2. The molecule has 136 valence electrons. The average Bonchev–Trinajstić information content (AvgIpc) is 3.11. The van der Waals surface area contributed by atoms with Crippen molar-refractivity contribution in [2.75, 3.05) is 20.1 Å². The quantitative estimate of drug-likeness (QED) is 0.555. The normalized spacial score (nSPS) is 18.2. The second-order valence-electron chi connectivity index (χ2n) is 7.26. The largest absolute Gasteiger partial charge is 0.472 e. The summed E-state index contributed by atoms with van der Waals surface area (Å²) in [5.74, 6) is 0.655. The molecule has 1 aliphatic heterocycles. The minimum absolute atomic E-state index is 0.193. The first-order valence-corrected chi connectivity index (χ1v) is 9.46. The van der Waals surface area contributed by atoms with E-state index < -0.39 is 0 Å². The summed E-state index contributed by atoms with van der Waals surface area (Å²) in [5, 5.41) is 7.16. The Morgan fingerprint density at radius 3 is 2.85 bits per heavy atom. The smallest absolute Gasteiger partial charge is 0.232 e. The van der Waals surface area contributed by atoms with Crippen LogP contribution in [0.3, 0.4) is 0 Å². The van der Waals surface area contributed by atoms with Gasteiger partial charge in [0, 0.05) is 18.2 Å². The van der Waals surface area contributed by atoms with Crippen molar-refractivity contribution < 1.29 is 4.74 Å². The van der Waals surface area contributed by atoms with E-state index in [1.807, 2.05) is 22.8 Å². The molecule has 27 heavy (non-hydrogen) atoms. The van der Waals surface area contributed by atoms with Gasteiger partial charge in [-0.15, -0.1) is 5.10 Å². The molecule has 5 rings (SSSR count). The van der Waals surface area contributed by atoms with Crippen LogP contribution in [-0.2, 0) is 0 Å². The van der Waals surface area contributed by atoms with Gasteiger partial charge in [-0.05, 0) is 43.3 Å². The Balaban J connectivity index is 1.55. The molecule has 2 aromatic heterocycles. The van der Waals surface area contributed by atoms with E-state index in [4.69, 9.17) is 9.84 Å². The van der Waals surface area contributed by atoms with Crippen LogP contribution in [0.2, 0.25) is 0 Å². The summed E-state index contributed by atoms with van der Waals surface area (Å²) in [6, 6.07) is 18.6. The lowest BCUT2D eigenvalue weighted by molar-refractivity contribution is 0.0988. The topological polar surface area (TPSA) is 42.7 Å². The molecule has 0 N–H and O–H groups in total. The molecule has 1 saturated heterocycles. The molecule has 0 bridgehead atoms. The Hall–Kier alpha value is -2.92. The summed E-state index contributed by atoms with van der Waals surface area (Å²) in [7, 11) is 2.14. The number of nitrogens with zero attached hydrogens (tertiary/aromatic N) is 4. The van der Waals surface area contributed by atoms with E-state index in [0.717, 1.165) is 42.8 Å². The van der Waals surface area contributed by atoms with E-state index in [1.54, 1.807) is 0 Å². The lowest BCUT2D eigenvalue weighted by atomic mass is 10.0. The predicted molar refractivity (Wildman–Crippen MR) is 107 cm³/mol. The number of rotatable bonds is 3. The van der Waals surface area contributed by atoms with E-state index in [0.29, 0.717) is 5.88 Å². The monoisotopic (exact) mass is 358 g/mol. The van der Waals surface area contributed by atoms with Crippen molar-refractivity contribution in [1.82, 2.24) is 19.5 Å². The average molecular weight is 358 g/mol. The highest BCUT2D eigenvalue weighted by molar-refractivity contribution is 5.96. The molecular formula is C22H22N4O. The van der Waals surface area contributed by atoms with Crippen molar-refractivity contribution in [1.29, 1.82) is 0 Å². The Morgan fingerprint density at radius 2 is 1.93 bits per heavy atom. The minimum atomic E-state index is 0.193. The number of fused-ring (bicyclic) bond motifs is 2. The molecule has 0 spiro atoms. The van der Waals surface area contributed by atoms with Crippen LogP contribution in [0.15, 0.2) is 60.8 Å². The summed E-state index contributed by atoms with van der Waals surface area (Å²) in [6.07, 6.45) is 4.32. The summed E-state index contributed by atoms with van der Waals surface area (Å²) in [6.45, 7) is 2.08. The van der Waals surface area contributed by atoms with Gasteiger partial charge in [0.05, 0.1) is 11.9 Å². The van der Waals surface area contributed by atoms with Crippen LogP contribution >= 0.6 is 0 Å². The third-order valence-corrected chi connectivity index (χ3v) is 5.27. The highest BCUT2D eigenvalue weighted by Gasteiger charge is 2.19. The van der Waals surface area contributed by atoms with Gasteiger partial charge in [0.15, 0.2) is 5.65 Å². The Kier molecular flexibility index (Phi) is 4.02. The van der Waals surface area contributed by atoms with Crippen LogP contribution in [0, 0.1) is 0 Å². The Labute approximate surface area is 158 Å². The lowest BCUT2D eigenvalue weighted by Crippen LogP contribution is -2.38. The number of hydrogen-bond acceptors (Lipinski definition) is 4. The highest BCUT2D eigenvalue weighted by Crippen LogP contribution is 2.29. The van der Waals surface area contributed by atoms with E-state index in [1.165, 1.54) is 10.8 Å². The highest BCUT2D eigenvalue weighted by atomic mass is 16.5. The lowest BCUT2D eigenvalue weighted by Gasteiger charge is -2.29. The SMILES string of the molecule is CN1CCCC(Oc2ccc3ncc(-c4cccc5ccccc45)n3n2)C1.